The molecule has 1 aromatic heterocycles. The predicted octanol–water partition coefficient (Wildman–Crippen LogP) is 0.816. The third-order valence-corrected chi connectivity index (χ3v) is 3.72. The summed E-state index contributed by atoms with van der Waals surface area (Å²) in [6.07, 6.45) is 1.53. The first-order valence-electron chi connectivity index (χ1n) is 6.59. The zero-order valence-corrected chi connectivity index (χ0v) is 12.3. The van der Waals surface area contributed by atoms with E-state index >= 15 is 0 Å². The Balaban J connectivity index is 2.25. The number of carbonyl (C=O) groups is 2. The minimum atomic E-state index is -0.828. The SMILES string of the molecule is CNc1ccc(C(=O)N2CCN(C)C(=O)C2(C)C)cn1. The normalized spacial score (nSPS) is 18.1. The van der Waals surface area contributed by atoms with Crippen molar-refractivity contribution in [1.82, 2.24) is 14.8 Å². The molecule has 1 aliphatic rings. The van der Waals surface area contributed by atoms with Gasteiger partial charge in [-0.1, -0.05) is 0 Å². The number of anilines is 1. The van der Waals surface area contributed by atoms with Gasteiger partial charge in [-0.2, -0.15) is 0 Å². The first-order valence-corrected chi connectivity index (χ1v) is 6.59. The van der Waals surface area contributed by atoms with Gasteiger partial charge in [-0.15, -0.1) is 0 Å². The van der Waals surface area contributed by atoms with Crippen LogP contribution >= 0.6 is 0 Å². The number of hydrogen-bond acceptors (Lipinski definition) is 4. The van der Waals surface area contributed by atoms with Gasteiger partial charge in [0.05, 0.1) is 5.56 Å². The Morgan fingerprint density at radius 3 is 2.60 bits per heavy atom. The van der Waals surface area contributed by atoms with E-state index in [0.29, 0.717) is 24.5 Å². The van der Waals surface area contributed by atoms with Gasteiger partial charge in [0, 0.05) is 33.4 Å². The highest BCUT2D eigenvalue weighted by atomic mass is 16.2. The highest BCUT2D eigenvalue weighted by molar-refractivity contribution is 5.99. The van der Waals surface area contributed by atoms with Gasteiger partial charge < -0.3 is 15.1 Å². The van der Waals surface area contributed by atoms with Crippen molar-refractivity contribution < 1.29 is 9.59 Å². The minimum absolute atomic E-state index is 0.0445. The van der Waals surface area contributed by atoms with Crippen LogP contribution in [0.25, 0.3) is 0 Å². The zero-order chi connectivity index (χ0) is 14.9. The second-order valence-corrected chi connectivity index (χ2v) is 5.42. The Hall–Kier alpha value is -2.11. The molecule has 0 bridgehead atoms. The van der Waals surface area contributed by atoms with Crippen LogP contribution in [0, 0.1) is 0 Å². The van der Waals surface area contributed by atoms with Crippen LogP contribution in [-0.4, -0.2) is 59.3 Å². The molecule has 1 fully saturated rings. The maximum Gasteiger partial charge on any atom is 0.256 e. The van der Waals surface area contributed by atoms with Gasteiger partial charge in [0.2, 0.25) is 5.91 Å². The summed E-state index contributed by atoms with van der Waals surface area (Å²) in [7, 11) is 3.53. The predicted molar refractivity (Wildman–Crippen MR) is 76.5 cm³/mol. The van der Waals surface area contributed by atoms with Crippen molar-refractivity contribution in [3.8, 4) is 0 Å². The number of carbonyl (C=O) groups excluding carboxylic acids is 2. The van der Waals surface area contributed by atoms with Gasteiger partial charge in [-0.25, -0.2) is 4.98 Å². The zero-order valence-electron chi connectivity index (χ0n) is 12.3. The molecule has 1 aliphatic heterocycles. The lowest BCUT2D eigenvalue weighted by molar-refractivity contribution is -0.144. The molecule has 20 heavy (non-hydrogen) atoms. The molecule has 0 spiro atoms. The van der Waals surface area contributed by atoms with E-state index in [1.54, 1.807) is 49.9 Å². The highest BCUT2D eigenvalue weighted by Crippen LogP contribution is 2.24. The topological polar surface area (TPSA) is 65.5 Å². The number of nitrogens with zero attached hydrogens (tertiary/aromatic N) is 3. The molecule has 0 aliphatic carbocycles. The molecular formula is C14H20N4O2. The largest absolute Gasteiger partial charge is 0.373 e. The molecule has 0 unspecified atom stereocenters. The fourth-order valence-electron chi connectivity index (χ4n) is 2.39. The number of pyridine rings is 1. The number of piperazine rings is 1. The first-order chi connectivity index (χ1) is 9.37. The molecule has 0 atom stereocenters. The van der Waals surface area contributed by atoms with E-state index in [1.165, 1.54) is 6.20 Å². The van der Waals surface area contributed by atoms with Crippen molar-refractivity contribution in [2.24, 2.45) is 0 Å². The van der Waals surface area contributed by atoms with Crippen LogP contribution < -0.4 is 5.32 Å². The quantitative estimate of drug-likeness (QED) is 0.868. The summed E-state index contributed by atoms with van der Waals surface area (Å²) in [6.45, 7) is 4.63. The lowest BCUT2D eigenvalue weighted by atomic mass is 9.97. The molecule has 0 radical (unpaired) electrons. The molecule has 0 saturated carbocycles. The van der Waals surface area contributed by atoms with Crippen LogP contribution in [0.1, 0.15) is 24.2 Å². The van der Waals surface area contributed by atoms with E-state index in [9.17, 15) is 9.59 Å². The van der Waals surface area contributed by atoms with Gasteiger partial charge in [-0.3, -0.25) is 9.59 Å². The molecule has 2 amide bonds. The van der Waals surface area contributed by atoms with Crippen molar-refractivity contribution in [3.05, 3.63) is 23.9 Å². The van der Waals surface area contributed by atoms with Crippen LogP contribution in [0.3, 0.4) is 0 Å². The minimum Gasteiger partial charge on any atom is -0.373 e. The summed E-state index contributed by atoms with van der Waals surface area (Å²) in [5.41, 5.74) is -0.333. The van der Waals surface area contributed by atoms with E-state index in [0.717, 1.165) is 0 Å². The molecule has 6 nitrogen and oxygen atoms in total. The molecule has 6 heteroatoms. The molecule has 0 aromatic carbocycles. The summed E-state index contributed by atoms with van der Waals surface area (Å²) < 4.78 is 0. The fraction of sp³-hybridized carbons (Fsp3) is 0.500. The van der Waals surface area contributed by atoms with Crippen molar-refractivity contribution in [3.63, 3.8) is 0 Å². The number of amides is 2. The first kappa shape index (κ1) is 14.3. The standard InChI is InChI=1S/C14H20N4O2/c1-14(2)13(20)17(4)7-8-18(14)12(19)10-5-6-11(15-3)16-9-10/h5-6,9H,7-8H2,1-4H3,(H,15,16). The van der Waals surface area contributed by atoms with E-state index in [2.05, 4.69) is 10.3 Å². The van der Waals surface area contributed by atoms with Crippen LogP contribution in [0.15, 0.2) is 18.3 Å². The van der Waals surface area contributed by atoms with Gasteiger partial charge in [0.25, 0.3) is 5.91 Å². The summed E-state index contributed by atoms with van der Waals surface area (Å²) in [4.78, 5) is 32.2. The van der Waals surface area contributed by atoms with E-state index in [1.807, 2.05) is 0 Å². The van der Waals surface area contributed by atoms with Crippen molar-refractivity contribution in [2.75, 3.05) is 32.5 Å². The Morgan fingerprint density at radius 2 is 2.05 bits per heavy atom. The Bertz CT molecular complexity index is 524. The van der Waals surface area contributed by atoms with Crippen molar-refractivity contribution >= 4 is 17.6 Å². The van der Waals surface area contributed by atoms with Gasteiger partial charge in [0.1, 0.15) is 11.4 Å². The molecule has 108 valence electrons. The molecule has 2 heterocycles. The van der Waals surface area contributed by atoms with E-state index in [4.69, 9.17) is 0 Å². The highest BCUT2D eigenvalue weighted by Gasteiger charge is 2.43. The third-order valence-electron chi connectivity index (χ3n) is 3.72. The second kappa shape index (κ2) is 5.11. The van der Waals surface area contributed by atoms with Crippen LogP contribution in [-0.2, 0) is 4.79 Å². The number of aromatic nitrogens is 1. The summed E-state index contributed by atoms with van der Waals surface area (Å²) in [6, 6.07) is 3.47. The monoisotopic (exact) mass is 276 g/mol. The average molecular weight is 276 g/mol. The molecule has 1 aromatic rings. The van der Waals surface area contributed by atoms with Gasteiger partial charge in [-0.05, 0) is 26.0 Å². The number of nitrogens with one attached hydrogen (secondary N) is 1. The number of rotatable bonds is 2. The third kappa shape index (κ3) is 2.33. The molecule has 2 rings (SSSR count). The molecule has 1 saturated heterocycles. The molecule has 1 N–H and O–H groups in total. The average Bonchev–Trinajstić information content (AvgIpc) is 2.44. The van der Waals surface area contributed by atoms with Crippen molar-refractivity contribution in [2.45, 2.75) is 19.4 Å². The smallest absolute Gasteiger partial charge is 0.256 e. The second-order valence-electron chi connectivity index (χ2n) is 5.42. The summed E-state index contributed by atoms with van der Waals surface area (Å²) in [5, 5.41) is 2.90. The summed E-state index contributed by atoms with van der Waals surface area (Å²) in [5.74, 6) is 0.499. The van der Waals surface area contributed by atoms with E-state index in [-0.39, 0.29) is 11.8 Å². The number of hydrogen-bond donors (Lipinski definition) is 1. The lowest BCUT2D eigenvalue weighted by Crippen LogP contribution is -2.63. The maximum atomic E-state index is 12.6. The van der Waals surface area contributed by atoms with Crippen LogP contribution in [0.2, 0.25) is 0 Å². The molecular weight excluding hydrogens is 256 g/mol. The number of likely N-dealkylation sites (N-methyl/N-ethyl adjacent to an activating group) is 1. The fourth-order valence-corrected chi connectivity index (χ4v) is 2.39. The lowest BCUT2D eigenvalue weighted by Gasteiger charge is -2.44. The Labute approximate surface area is 118 Å². The Kier molecular flexibility index (Phi) is 3.65. The van der Waals surface area contributed by atoms with Crippen LogP contribution in [0.5, 0.6) is 0 Å². The van der Waals surface area contributed by atoms with Gasteiger partial charge in [0.15, 0.2) is 0 Å². The Morgan fingerprint density at radius 1 is 1.35 bits per heavy atom. The van der Waals surface area contributed by atoms with E-state index < -0.39 is 5.54 Å². The maximum absolute atomic E-state index is 12.6. The van der Waals surface area contributed by atoms with Crippen molar-refractivity contribution in [1.29, 1.82) is 0 Å². The summed E-state index contributed by atoms with van der Waals surface area (Å²) >= 11 is 0. The van der Waals surface area contributed by atoms with Gasteiger partial charge >= 0.3 is 0 Å². The van der Waals surface area contributed by atoms with Crippen LogP contribution in [0.4, 0.5) is 5.82 Å².